The fourth-order valence-electron chi connectivity index (χ4n) is 2.25. The first-order valence-corrected chi connectivity index (χ1v) is 8.97. The van der Waals surface area contributed by atoms with E-state index < -0.39 is 10.8 Å². The number of nitrogens with zero attached hydrogens (tertiary/aromatic N) is 1. The second kappa shape index (κ2) is 9.60. The third-order valence-corrected chi connectivity index (χ3v) is 3.99. The van der Waals surface area contributed by atoms with E-state index in [4.69, 9.17) is 17.0 Å². The fourth-order valence-corrected chi connectivity index (χ4v) is 2.46. The molecule has 0 fully saturated rings. The van der Waals surface area contributed by atoms with Gasteiger partial charge in [-0.25, -0.2) is 0 Å². The number of hydrogen-bond donors (Lipinski definition) is 3. The van der Waals surface area contributed by atoms with Crippen LogP contribution >= 0.6 is 12.2 Å². The Morgan fingerprint density at radius 3 is 2.48 bits per heavy atom. The van der Waals surface area contributed by atoms with E-state index in [1.165, 1.54) is 25.3 Å². The molecular weight excluding hydrogens is 396 g/mol. The quantitative estimate of drug-likeness (QED) is 0.375. The minimum atomic E-state index is -0.584. The Bertz CT molecular complexity index is 961. The van der Waals surface area contributed by atoms with Gasteiger partial charge in [0, 0.05) is 35.4 Å². The molecule has 0 atom stereocenters. The molecular formula is C19H20N4O5S. The Morgan fingerprint density at radius 2 is 1.86 bits per heavy atom. The number of rotatable bonds is 6. The van der Waals surface area contributed by atoms with Crippen LogP contribution in [0.2, 0.25) is 0 Å². The van der Waals surface area contributed by atoms with Crippen molar-refractivity contribution in [2.45, 2.75) is 13.8 Å². The van der Waals surface area contributed by atoms with Crippen molar-refractivity contribution in [3.05, 3.63) is 58.1 Å². The number of thiocarbonyl (C=S) groups is 1. The van der Waals surface area contributed by atoms with Crippen molar-refractivity contribution in [3.63, 3.8) is 0 Å². The summed E-state index contributed by atoms with van der Waals surface area (Å²) in [6.07, 6.45) is 0. The molecule has 29 heavy (non-hydrogen) atoms. The summed E-state index contributed by atoms with van der Waals surface area (Å²) in [5.41, 5.74) is 0.935. The van der Waals surface area contributed by atoms with Gasteiger partial charge in [-0.3, -0.25) is 25.0 Å². The number of carbonyl (C=O) groups excluding carboxylic acids is 2. The fraction of sp³-hybridized carbons (Fsp3) is 0.211. The minimum absolute atomic E-state index is 0.00234. The maximum atomic E-state index is 12.2. The van der Waals surface area contributed by atoms with Gasteiger partial charge in [0.25, 0.3) is 11.6 Å². The van der Waals surface area contributed by atoms with Crippen LogP contribution in [0.1, 0.15) is 24.2 Å². The molecule has 0 unspecified atom stereocenters. The van der Waals surface area contributed by atoms with Crippen LogP contribution < -0.4 is 20.7 Å². The lowest BCUT2D eigenvalue weighted by Crippen LogP contribution is -2.34. The topological polar surface area (TPSA) is 123 Å². The van der Waals surface area contributed by atoms with E-state index in [1.807, 2.05) is 0 Å². The normalized spacial score (nSPS) is 10.2. The van der Waals surface area contributed by atoms with Gasteiger partial charge in [0.2, 0.25) is 5.91 Å². The second-order valence-corrected chi connectivity index (χ2v) is 6.68. The Morgan fingerprint density at radius 1 is 1.14 bits per heavy atom. The first kappa shape index (κ1) is 21.8. The zero-order valence-corrected chi connectivity index (χ0v) is 16.8. The SMILES string of the molecule is COc1cc(NC(=S)NC(=O)c2cccc([N+](=O)[O-])c2)ccc1NC(=O)C(C)C. The molecule has 2 rings (SSSR count). The highest BCUT2D eigenvalue weighted by atomic mass is 32.1. The van der Waals surface area contributed by atoms with Gasteiger partial charge in [-0.1, -0.05) is 19.9 Å². The molecule has 9 nitrogen and oxygen atoms in total. The molecule has 0 saturated carbocycles. The summed E-state index contributed by atoms with van der Waals surface area (Å²) in [5.74, 6) is -0.506. The number of nitro benzene ring substituents is 1. The van der Waals surface area contributed by atoms with Crippen LogP contribution in [-0.2, 0) is 4.79 Å². The van der Waals surface area contributed by atoms with Crippen molar-refractivity contribution in [3.8, 4) is 5.75 Å². The van der Waals surface area contributed by atoms with Gasteiger partial charge in [0.1, 0.15) is 5.75 Å². The molecule has 152 valence electrons. The Balaban J connectivity index is 2.06. The first-order valence-electron chi connectivity index (χ1n) is 8.57. The molecule has 0 radical (unpaired) electrons. The predicted molar refractivity (Wildman–Crippen MR) is 113 cm³/mol. The number of nitrogens with one attached hydrogen (secondary N) is 3. The summed E-state index contributed by atoms with van der Waals surface area (Å²) in [4.78, 5) is 34.4. The van der Waals surface area contributed by atoms with Crippen LogP contribution in [0.5, 0.6) is 5.75 Å². The van der Waals surface area contributed by atoms with Gasteiger partial charge in [0.05, 0.1) is 17.7 Å². The maximum Gasteiger partial charge on any atom is 0.270 e. The summed E-state index contributed by atoms with van der Waals surface area (Å²) in [7, 11) is 1.46. The predicted octanol–water partition coefficient (Wildman–Crippen LogP) is 3.32. The number of non-ortho nitro benzene ring substituents is 1. The molecule has 0 aliphatic heterocycles. The maximum absolute atomic E-state index is 12.2. The molecule has 0 aliphatic carbocycles. The molecule has 2 amide bonds. The van der Waals surface area contributed by atoms with E-state index >= 15 is 0 Å². The van der Waals surface area contributed by atoms with Gasteiger partial charge < -0.3 is 15.4 Å². The monoisotopic (exact) mass is 416 g/mol. The van der Waals surface area contributed by atoms with Crippen LogP contribution in [0.25, 0.3) is 0 Å². The summed E-state index contributed by atoms with van der Waals surface area (Å²) in [6, 6.07) is 10.2. The van der Waals surface area contributed by atoms with Crippen LogP contribution in [-0.4, -0.2) is 29.0 Å². The number of anilines is 2. The molecule has 2 aromatic rings. The van der Waals surface area contributed by atoms with Crippen molar-refractivity contribution in [2.75, 3.05) is 17.7 Å². The van der Waals surface area contributed by atoms with Crippen molar-refractivity contribution in [1.82, 2.24) is 5.32 Å². The summed E-state index contributed by atoms with van der Waals surface area (Å²) >= 11 is 5.13. The summed E-state index contributed by atoms with van der Waals surface area (Å²) < 4.78 is 5.29. The number of carbonyl (C=O) groups is 2. The van der Waals surface area contributed by atoms with Crippen LogP contribution in [0, 0.1) is 16.0 Å². The molecule has 0 bridgehead atoms. The van der Waals surface area contributed by atoms with Crippen molar-refractivity contribution in [1.29, 1.82) is 0 Å². The molecule has 0 saturated heterocycles. The van der Waals surface area contributed by atoms with Crippen LogP contribution in [0.3, 0.4) is 0 Å². The van der Waals surface area contributed by atoms with Gasteiger partial charge >= 0.3 is 0 Å². The zero-order valence-electron chi connectivity index (χ0n) is 16.0. The van der Waals surface area contributed by atoms with Gasteiger partial charge in [-0.2, -0.15) is 0 Å². The third kappa shape index (κ3) is 5.98. The minimum Gasteiger partial charge on any atom is -0.494 e. The Kier molecular flexibility index (Phi) is 7.21. The second-order valence-electron chi connectivity index (χ2n) is 6.27. The average Bonchev–Trinajstić information content (AvgIpc) is 2.68. The Hall–Kier alpha value is -3.53. The molecule has 0 spiro atoms. The van der Waals surface area contributed by atoms with Crippen molar-refractivity contribution >= 4 is 46.2 Å². The highest BCUT2D eigenvalue weighted by Crippen LogP contribution is 2.28. The molecule has 3 N–H and O–H groups in total. The largest absolute Gasteiger partial charge is 0.494 e. The van der Waals surface area contributed by atoms with E-state index in [0.29, 0.717) is 17.1 Å². The molecule has 0 aromatic heterocycles. The van der Waals surface area contributed by atoms with E-state index in [1.54, 1.807) is 32.0 Å². The number of nitro groups is 1. The number of methoxy groups -OCH3 is 1. The van der Waals surface area contributed by atoms with Gasteiger partial charge in [-0.15, -0.1) is 0 Å². The number of benzene rings is 2. The third-order valence-electron chi connectivity index (χ3n) is 3.79. The lowest BCUT2D eigenvalue weighted by atomic mass is 10.2. The summed E-state index contributed by atoms with van der Waals surface area (Å²) in [6.45, 7) is 3.56. The average molecular weight is 416 g/mol. The summed E-state index contributed by atoms with van der Waals surface area (Å²) in [5, 5.41) is 18.9. The number of hydrogen-bond acceptors (Lipinski definition) is 6. The smallest absolute Gasteiger partial charge is 0.270 e. The van der Waals surface area contributed by atoms with Crippen molar-refractivity contribution in [2.24, 2.45) is 5.92 Å². The van der Waals surface area contributed by atoms with E-state index in [2.05, 4.69) is 16.0 Å². The lowest BCUT2D eigenvalue weighted by Gasteiger charge is -2.14. The highest BCUT2D eigenvalue weighted by molar-refractivity contribution is 7.80. The lowest BCUT2D eigenvalue weighted by molar-refractivity contribution is -0.384. The number of amides is 2. The Labute approximate surface area is 172 Å². The zero-order chi connectivity index (χ0) is 21.6. The highest BCUT2D eigenvalue weighted by Gasteiger charge is 2.14. The molecule has 10 heteroatoms. The number of ether oxygens (including phenoxy) is 1. The standard InChI is InChI=1S/C19H20N4O5S/c1-11(2)17(24)21-15-8-7-13(10-16(15)28-3)20-19(29)22-18(25)12-5-4-6-14(9-12)23(26)27/h4-11H,1-3H3,(H,21,24)(H2,20,22,25,29). The van der Waals surface area contributed by atoms with Crippen LogP contribution in [0.4, 0.5) is 17.1 Å². The van der Waals surface area contributed by atoms with E-state index in [9.17, 15) is 19.7 Å². The molecule has 0 heterocycles. The van der Waals surface area contributed by atoms with E-state index in [-0.39, 0.29) is 28.2 Å². The van der Waals surface area contributed by atoms with Gasteiger partial charge in [-0.05, 0) is 30.4 Å². The molecule has 0 aliphatic rings. The first-order chi connectivity index (χ1) is 13.7. The van der Waals surface area contributed by atoms with Crippen molar-refractivity contribution < 1.29 is 19.2 Å². The van der Waals surface area contributed by atoms with Gasteiger partial charge in [0.15, 0.2) is 5.11 Å². The van der Waals surface area contributed by atoms with E-state index in [0.717, 1.165) is 6.07 Å². The molecule has 2 aromatic carbocycles. The van der Waals surface area contributed by atoms with Crippen LogP contribution in [0.15, 0.2) is 42.5 Å².